The Bertz CT molecular complexity index is 597. The van der Waals surface area contributed by atoms with Crippen molar-refractivity contribution in [3.63, 3.8) is 0 Å². The highest BCUT2D eigenvalue weighted by molar-refractivity contribution is 5.91. The molecule has 1 heterocycles. The maximum absolute atomic E-state index is 11.7. The van der Waals surface area contributed by atoms with Gasteiger partial charge in [0.1, 0.15) is 0 Å². The Morgan fingerprint density at radius 2 is 2.05 bits per heavy atom. The number of methoxy groups -OCH3 is 1. The minimum atomic E-state index is -0.336. The van der Waals surface area contributed by atoms with Gasteiger partial charge in [-0.15, -0.1) is 0 Å². The molecule has 0 unspecified atom stereocenters. The third kappa shape index (κ3) is 3.95. The second-order valence-electron chi connectivity index (χ2n) is 4.32. The van der Waals surface area contributed by atoms with Gasteiger partial charge in [-0.2, -0.15) is 0 Å². The number of nitrogens with one attached hydrogen (secondary N) is 1. The summed E-state index contributed by atoms with van der Waals surface area (Å²) in [5, 5.41) is 3.22. The molecule has 2 rings (SSSR count). The molecule has 0 fully saturated rings. The molecule has 5 nitrogen and oxygen atoms in total. The smallest absolute Gasteiger partial charge is 0.338 e. The van der Waals surface area contributed by atoms with E-state index in [-0.39, 0.29) is 5.97 Å². The highest BCUT2D eigenvalue weighted by Gasteiger charge is 2.10. The third-order valence-electron chi connectivity index (χ3n) is 2.93. The minimum Gasteiger partial charge on any atom is -0.478 e. The number of anilines is 1. The number of carbonyl (C=O) groups is 1. The molecule has 0 bridgehead atoms. The van der Waals surface area contributed by atoms with Crippen LogP contribution in [0.15, 0.2) is 42.6 Å². The van der Waals surface area contributed by atoms with E-state index in [2.05, 4.69) is 10.3 Å². The highest BCUT2D eigenvalue weighted by Crippen LogP contribution is 2.15. The van der Waals surface area contributed by atoms with Crippen LogP contribution in [0, 0.1) is 0 Å². The van der Waals surface area contributed by atoms with Gasteiger partial charge in [0.15, 0.2) is 0 Å². The molecule has 0 aliphatic carbocycles. The van der Waals surface area contributed by atoms with E-state index in [1.54, 1.807) is 18.3 Å². The van der Waals surface area contributed by atoms with Crippen LogP contribution in [0.5, 0.6) is 5.88 Å². The normalized spacial score (nSPS) is 10.0. The molecule has 1 aromatic heterocycles. The van der Waals surface area contributed by atoms with E-state index in [0.29, 0.717) is 24.6 Å². The molecule has 110 valence electrons. The fraction of sp³-hybridized carbons (Fsp3) is 0.250. The van der Waals surface area contributed by atoms with Gasteiger partial charge in [0.05, 0.1) is 31.2 Å². The molecule has 1 aromatic carbocycles. The molecule has 0 spiro atoms. The fourth-order valence-electron chi connectivity index (χ4n) is 1.90. The molecule has 0 aliphatic heterocycles. The van der Waals surface area contributed by atoms with Crippen LogP contribution in [-0.4, -0.2) is 24.7 Å². The first-order chi connectivity index (χ1) is 10.2. The van der Waals surface area contributed by atoms with Gasteiger partial charge in [0.2, 0.25) is 5.88 Å². The van der Waals surface area contributed by atoms with Gasteiger partial charge in [-0.25, -0.2) is 9.78 Å². The molecule has 0 aliphatic rings. The fourth-order valence-corrected chi connectivity index (χ4v) is 1.90. The minimum absolute atomic E-state index is 0.336. The van der Waals surface area contributed by atoms with Crippen LogP contribution < -0.4 is 10.1 Å². The van der Waals surface area contributed by atoms with Gasteiger partial charge in [-0.1, -0.05) is 18.2 Å². The van der Waals surface area contributed by atoms with E-state index in [1.165, 1.54) is 7.11 Å². The monoisotopic (exact) mass is 286 g/mol. The molecule has 0 amide bonds. The average Bonchev–Trinajstić information content (AvgIpc) is 2.54. The molecule has 0 saturated heterocycles. The molecule has 21 heavy (non-hydrogen) atoms. The third-order valence-corrected chi connectivity index (χ3v) is 2.93. The van der Waals surface area contributed by atoms with Crippen molar-refractivity contribution in [2.75, 3.05) is 19.0 Å². The summed E-state index contributed by atoms with van der Waals surface area (Å²) in [6, 6.07) is 11.0. The lowest BCUT2D eigenvalue weighted by Crippen LogP contribution is -2.09. The number of benzene rings is 1. The molecule has 0 atom stereocenters. The number of hydrogen-bond acceptors (Lipinski definition) is 5. The summed E-state index contributed by atoms with van der Waals surface area (Å²) in [6.45, 7) is 3.02. The summed E-state index contributed by atoms with van der Waals surface area (Å²) in [7, 11) is 1.38. The first-order valence-corrected chi connectivity index (χ1v) is 6.73. The molecular weight excluding hydrogens is 268 g/mol. The van der Waals surface area contributed by atoms with E-state index >= 15 is 0 Å². The number of aromatic nitrogens is 1. The van der Waals surface area contributed by atoms with Crippen molar-refractivity contribution in [2.45, 2.75) is 13.5 Å². The Morgan fingerprint density at radius 3 is 2.71 bits per heavy atom. The zero-order valence-corrected chi connectivity index (χ0v) is 12.1. The van der Waals surface area contributed by atoms with Crippen molar-refractivity contribution in [3.05, 3.63) is 53.7 Å². The summed E-state index contributed by atoms with van der Waals surface area (Å²) in [4.78, 5) is 15.9. The first kappa shape index (κ1) is 14.8. The Balaban J connectivity index is 2.04. The van der Waals surface area contributed by atoms with Crippen LogP contribution in [0.4, 0.5) is 5.69 Å². The van der Waals surface area contributed by atoms with Crippen LogP contribution >= 0.6 is 0 Å². The standard InChI is InChI=1S/C16H18N2O3/c1-3-21-15-9-8-13(11-18-15)17-10-12-6-4-5-7-14(12)16(19)20-2/h4-9,11,17H,3,10H2,1-2H3. The topological polar surface area (TPSA) is 60.5 Å². The van der Waals surface area contributed by atoms with E-state index in [9.17, 15) is 4.79 Å². The summed E-state index contributed by atoms with van der Waals surface area (Å²) < 4.78 is 10.1. The first-order valence-electron chi connectivity index (χ1n) is 6.73. The van der Waals surface area contributed by atoms with Crippen molar-refractivity contribution in [3.8, 4) is 5.88 Å². The van der Waals surface area contributed by atoms with Crippen LogP contribution in [-0.2, 0) is 11.3 Å². The van der Waals surface area contributed by atoms with Crippen LogP contribution in [0.1, 0.15) is 22.8 Å². The quantitative estimate of drug-likeness (QED) is 0.827. The van der Waals surface area contributed by atoms with Crippen molar-refractivity contribution in [1.82, 2.24) is 4.98 Å². The summed E-state index contributed by atoms with van der Waals surface area (Å²) >= 11 is 0. The van der Waals surface area contributed by atoms with Crippen molar-refractivity contribution in [2.24, 2.45) is 0 Å². The number of esters is 1. The number of hydrogen-bond donors (Lipinski definition) is 1. The number of nitrogens with zero attached hydrogens (tertiary/aromatic N) is 1. The summed E-state index contributed by atoms with van der Waals surface area (Å²) in [5.41, 5.74) is 2.29. The van der Waals surface area contributed by atoms with Gasteiger partial charge in [0.25, 0.3) is 0 Å². The zero-order chi connectivity index (χ0) is 15.1. The van der Waals surface area contributed by atoms with Gasteiger partial charge in [-0.3, -0.25) is 0 Å². The highest BCUT2D eigenvalue weighted by atomic mass is 16.5. The van der Waals surface area contributed by atoms with Crippen molar-refractivity contribution < 1.29 is 14.3 Å². The second-order valence-corrected chi connectivity index (χ2v) is 4.32. The summed E-state index contributed by atoms with van der Waals surface area (Å²) in [6.07, 6.45) is 1.70. The van der Waals surface area contributed by atoms with E-state index in [4.69, 9.17) is 9.47 Å². The Labute approximate surface area is 123 Å². The SMILES string of the molecule is CCOc1ccc(NCc2ccccc2C(=O)OC)cn1. The largest absolute Gasteiger partial charge is 0.478 e. The van der Waals surface area contributed by atoms with E-state index < -0.39 is 0 Å². The van der Waals surface area contributed by atoms with Crippen LogP contribution in [0.2, 0.25) is 0 Å². The van der Waals surface area contributed by atoms with Gasteiger partial charge in [-0.05, 0) is 24.6 Å². The average molecular weight is 286 g/mol. The molecule has 0 radical (unpaired) electrons. The molecule has 0 saturated carbocycles. The Hall–Kier alpha value is -2.56. The number of ether oxygens (including phenoxy) is 2. The van der Waals surface area contributed by atoms with E-state index in [1.807, 2.05) is 31.2 Å². The van der Waals surface area contributed by atoms with Crippen molar-refractivity contribution >= 4 is 11.7 Å². The zero-order valence-electron chi connectivity index (χ0n) is 12.1. The Kier molecular flexibility index (Phi) is 5.15. The maximum atomic E-state index is 11.7. The van der Waals surface area contributed by atoms with Gasteiger partial charge >= 0.3 is 5.97 Å². The van der Waals surface area contributed by atoms with Gasteiger partial charge in [0, 0.05) is 12.6 Å². The lowest BCUT2D eigenvalue weighted by Gasteiger charge is -2.10. The van der Waals surface area contributed by atoms with Crippen LogP contribution in [0.25, 0.3) is 0 Å². The van der Waals surface area contributed by atoms with Gasteiger partial charge < -0.3 is 14.8 Å². The summed E-state index contributed by atoms with van der Waals surface area (Å²) in [5.74, 6) is 0.259. The molecule has 2 aromatic rings. The maximum Gasteiger partial charge on any atom is 0.338 e. The number of rotatable bonds is 6. The van der Waals surface area contributed by atoms with Crippen LogP contribution in [0.3, 0.4) is 0 Å². The predicted molar refractivity (Wildman–Crippen MR) is 80.5 cm³/mol. The lowest BCUT2D eigenvalue weighted by molar-refractivity contribution is 0.0599. The molecule has 5 heteroatoms. The van der Waals surface area contributed by atoms with E-state index in [0.717, 1.165) is 11.3 Å². The number of pyridine rings is 1. The Morgan fingerprint density at radius 1 is 1.24 bits per heavy atom. The second kappa shape index (κ2) is 7.28. The lowest BCUT2D eigenvalue weighted by atomic mass is 10.1. The molecular formula is C16H18N2O3. The predicted octanol–water partition coefficient (Wildman–Crippen LogP) is 2.88. The molecule has 1 N–H and O–H groups in total. The van der Waals surface area contributed by atoms with Crippen molar-refractivity contribution in [1.29, 1.82) is 0 Å². The number of carbonyl (C=O) groups excluding carboxylic acids is 1.